The number of halogens is 2. The summed E-state index contributed by atoms with van der Waals surface area (Å²) in [4.78, 5) is 43.4. The van der Waals surface area contributed by atoms with Crippen LogP contribution in [0.1, 0.15) is 48.4 Å². The summed E-state index contributed by atoms with van der Waals surface area (Å²) >= 11 is 0. The number of carbonyl (C=O) groups is 3. The van der Waals surface area contributed by atoms with Crippen molar-refractivity contribution < 1.29 is 43.2 Å². The van der Waals surface area contributed by atoms with Crippen LogP contribution in [0.4, 0.5) is 8.78 Å². The van der Waals surface area contributed by atoms with Crippen LogP contribution >= 0.6 is 0 Å². The number of benzene rings is 1. The molecule has 4 aliphatic rings. The molecule has 0 bridgehead atoms. The summed E-state index contributed by atoms with van der Waals surface area (Å²) in [6.07, 6.45) is 0.395. The number of hydrogen-bond donors (Lipinski definition) is 4. The summed E-state index contributed by atoms with van der Waals surface area (Å²) in [5, 5.41) is 34.4. The molecule has 2 fully saturated rings. The molecule has 1 aliphatic heterocycles. The molecule has 12 heteroatoms. The molecule has 1 amide bonds. The van der Waals surface area contributed by atoms with E-state index in [1.165, 1.54) is 7.11 Å². The van der Waals surface area contributed by atoms with Crippen LogP contribution in [0.15, 0.2) is 23.0 Å². The summed E-state index contributed by atoms with van der Waals surface area (Å²) in [6, 6.07) is 0.805. The van der Waals surface area contributed by atoms with Crippen LogP contribution in [-0.4, -0.2) is 94.5 Å². The summed E-state index contributed by atoms with van der Waals surface area (Å²) in [5.74, 6) is -8.52. The predicted octanol–water partition coefficient (Wildman–Crippen LogP) is 2.41. The smallest absolute Gasteiger partial charge is 0.255 e. The molecule has 1 saturated heterocycles. The van der Waals surface area contributed by atoms with E-state index in [0.717, 1.165) is 5.56 Å². The Balaban J connectivity index is 1.65. The van der Waals surface area contributed by atoms with Gasteiger partial charge in [-0.25, -0.2) is 8.78 Å². The van der Waals surface area contributed by atoms with Gasteiger partial charge in [-0.2, -0.15) is 0 Å². The van der Waals surface area contributed by atoms with Crippen molar-refractivity contribution in [2.24, 2.45) is 17.6 Å². The lowest BCUT2D eigenvalue weighted by atomic mass is 9.57. The number of likely N-dealkylation sites (N-methyl/N-ethyl adjacent to an activating group) is 1. The number of aryl methyl sites for hydroxylation is 1. The van der Waals surface area contributed by atoms with E-state index in [0.29, 0.717) is 17.5 Å². The van der Waals surface area contributed by atoms with Crippen molar-refractivity contribution in [2.45, 2.75) is 63.1 Å². The number of ether oxygens (including phenoxy) is 1. The van der Waals surface area contributed by atoms with E-state index >= 15 is 0 Å². The largest absolute Gasteiger partial charge is 0.508 e. The molecular formula is C30H37F2N3O7. The molecule has 0 unspecified atom stereocenters. The molecule has 1 aromatic carbocycles. The van der Waals surface area contributed by atoms with Crippen molar-refractivity contribution >= 4 is 23.2 Å². The molecule has 3 aliphatic carbocycles. The Bertz CT molecular complexity index is 1430. The lowest BCUT2D eigenvalue weighted by molar-refractivity contribution is -0.159. The van der Waals surface area contributed by atoms with Crippen LogP contribution in [0.2, 0.25) is 0 Å². The highest BCUT2D eigenvalue weighted by atomic mass is 19.3. The molecule has 4 atom stereocenters. The van der Waals surface area contributed by atoms with E-state index in [1.54, 1.807) is 19.0 Å². The van der Waals surface area contributed by atoms with Crippen molar-refractivity contribution in [3.8, 4) is 5.75 Å². The maximum atomic E-state index is 14.4. The standard InChI is InChI=1S/C30H37F2N3O7/c1-5-14-10-16(13-35-8-6-29(31,32)7-9-35)23(36)20-17(14)11-15-12-18-22(34(2)3)25(38)21(28(33)41)27(40)30(18,42-4)26(39)19(15)24(20)37/h10,15,18,22,36-37,40H,5-9,11-13H2,1-4H3,(H2,33,41)/t15-,18-,22-,30-/m0/s1. The Hall–Kier alpha value is -3.35. The number of piperidine rings is 1. The fourth-order valence-electron chi connectivity index (χ4n) is 7.49. The third kappa shape index (κ3) is 4.34. The van der Waals surface area contributed by atoms with Crippen LogP contribution in [0.3, 0.4) is 0 Å². The minimum absolute atomic E-state index is 0.0741. The number of nitrogens with two attached hydrogens (primary N) is 1. The maximum absolute atomic E-state index is 14.4. The second-order valence-corrected chi connectivity index (χ2v) is 12.0. The average Bonchev–Trinajstić information content (AvgIpc) is 2.90. The van der Waals surface area contributed by atoms with Gasteiger partial charge in [-0.05, 0) is 50.4 Å². The summed E-state index contributed by atoms with van der Waals surface area (Å²) < 4.78 is 33.1. The van der Waals surface area contributed by atoms with E-state index in [-0.39, 0.29) is 62.2 Å². The SMILES string of the molecule is CCc1cc(CN2CCC(F)(F)CC2)c(O)c2c1C[C@H]1C[C@H]3[C@H](N(C)C)C(=O)C(C(N)=O)=C(O)[C@@]3(OC)C(=O)C1=C2O. The van der Waals surface area contributed by atoms with Gasteiger partial charge in [0.1, 0.15) is 22.8 Å². The quantitative estimate of drug-likeness (QED) is 0.367. The van der Waals surface area contributed by atoms with E-state index in [2.05, 4.69) is 0 Å². The van der Waals surface area contributed by atoms with Gasteiger partial charge in [0, 0.05) is 56.6 Å². The summed E-state index contributed by atoms with van der Waals surface area (Å²) in [7, 11) is 4.42. The van der Waals surface area contributed by atoms with Gasteiger partial charge >= 0.3 is 0 Å². The van der Waals surface area contributed by atoms with Crippen molar-refractivity contribution in [3.63, 3.8) is 0 Å². The zero-order valence-corrected chi connectivity index (χ0v) is 24.2. The van der Waals surface area contributed by atoms with Crippen molar-refractivity contribution in [2.75, 3.05) is 34.3 Å². The number of methoxy groups -OCH3 is 1. The molecule has 0 radical (unpaired) electrons. The first-order valence-electron chi connectivity index (χ1n) is 14.1. The van der Waals surface area contributed by atoms with Crippen LogP contribution in [0.25, 0.3) is 5.76 Å². The number of ketones is 2. The Morgan fingerprint density at radius 3 is 2.36 bits per heavy atom. The number of Topliss-reactive ketones (excluding diaryl/α,β-unsaturated/α-hetero) is 2. The Kier molecular flexibility index (Phi) is 7.48. The molecular weight excluding hydrogens is 552 g/mol. The highest BCUT2D eigenvalue weighted by Gasteiger charge is 2.65. The number of phenolic OH excluding ortho intramolecular Hbond substituents is 1. The van der Waals surface area contributed by atoms with Crippen molar-refractivity contribution in [1.29, 1.82) is 0 Å². The molecule has 42 heavy (non-hydrogen) atoms. The minimum Gasteiger partial charge on any atom is -0.508 e. The first kappa shape index (κ1) is 30.1. The number of rotatable bonds is 6. The first-order chi connectivity index (χ1) is 19.7. The van der Waals surface area contributed by atoms with Crippen LogP contribution in [0.5, 0.6) is 5.75 Å². The lowest BCUT2D eigenvalue weighted by Gasteiger charge is -2.52. The summed E-state index contributed by atoms with van der Waals surface area (Å²) in [6.45, 7) is 2.41. The Labute approximate surface area is 242 Å². The third-order valence-electron chi connectivity index (χ3n) is 9.54. The first-order valence-corrected chi connectivity index (χ1v) is 14.1. The number of aromatic hydroxyl groups is 1. The second-order valence-electron chi connectivity index (χ2n) is 12.0. The fourth-order valence-corrected chi connectivity index (χ4v) is 7.49. The number of amides is 1. The molecule has 1 saturated carbocycles. The lowest BCUT2D eigenvalue weighted by Crippen LogP contribution is -2.66. The second kappa shape index (κ2) is 10.4. The Morgan fingerprint density at radius 1 is 1.17 bits per heavy atom. The highest BCUT2D eigenvalue weighted by molar-refractivity contribution is 6.24. The summed E-state index contributed by atoms with van der Waals surface area (Å²) in [5.41, 5.74) is 4.54. The van der Waals surface area contributed by atoms with Gasteiger partial charge in [0.2, 0.25) is 5.78 Å². The van der Waals surface area contributed by atoms with Gasteiger partial charge < -0.3 is 25.8 Å². The normalized spacial score (nSPS) is 29.5. The van der Waals surface area contributed by atoms with Crippen molar-refractivity contribution in [1.82, 2.24) is 9.80 Å². The molecule has 5 rings (SSSR count). The minimum atomic E-state index is -2.72. The zero-order chi connectivity index (χ0) is 30.9. The molecule has 0 spiro atoms. The number of nitrogens with zero attached hydrogens (tertiary/aromatic N) is 2. The number of likely N-dealkylation sites (tertiary alicyclic amines) is 1. The average molecular weight is 590 g/mol. The maximum Gasteiger partial charge on any atom is 0.255 e. The van der Waals surface area contributed by atoms with E-state index in [9.17, 15) is 38.5 Å². The van der Waals surface area contributed by atoms with Gasteiger partial charge in [-0.15, -0.1) is 0 Å². The predicted molar refractivity (Wildman–Crippen MR) is 148 cm³/mol. The van der Waals surface area contributed by atoms with E-state index in [1.807, 2.05) is 17.9 Å². The fraction of sp³-hybridized carbons (Fsp3) is 0.567. The Morgan fingerprint density at radius 2 is 1.81 bits per heavy atom. The molecule has 1 heterocycles. The topological polar surface area (TPSA) is 154 Å². The molecule has 5 N–H and O–H groups in total. The van der Waals surface area contributed by atoms with E-state index < -0.39 is 64.0 Å². The van der Waals surface area contributed by atoms with Crippen molar-refractivity contribution in [3.05, 3.63) is 45.2 Å². The van der Waals surface area contributed by atoms with E-state index in [4.69, 9.17) is 10.5 Å². The number of aliphatic hydroxyl groups excluding tert-OH is 2. The van der Waals surface area contributed by atoms with Gasteiger partial charge in [-0.3, -0.25) is 24.2 Å². The highest BCUT2D eigenvalue weighted by Crippen LogP contribution is 2.54. The molecule has 0 aromatic heterocycles. The van der Waals surface area contributed by atoms with Gasteiger partial charge in [0.25, 0.3) is 11.8 Å². The molecule has 10 nitrogen and oxygen atoms in total. The third-order valence-corrected chi connectivity index (χ3v) is 9.54. The number of alkyl halides is 2. The van der Waals surface area contributed by atoms with Gasteiger partial charge in [-0.1, -0.05) is 13.0 Å². The number of hydrogen-bond acceptors (Lipinski definition) is 9. The van der Waals surface area contributed by atoms with Crippen LogP contribution < -0.4 is 5.73 Å². The van der Waals surface area contributed by atoms with Gasteiger partial charge in [0.05, 0.1) is 11.6 Å². The number of primary amides is 1. The number of fused-ring (bicyclic) bond motifs is 3. The number of phenols is 1. The zero-order valence-electron chi connectivity index (χ0n) is 24.2. The van der Waals surface area contributed by atoms with Gasteiger partial charge in [0.15, 0.2) is 11.4 Å². The number of carbonyl (C=O) groups excluding carboxylic acids is 3. The van der Waals surface area contributed by atoms with Crippen LogP contribution in [0, 0.1) is 11.8 Å². The van der Waals surface area contributed by atoms with Crippen LogP contribution in [-0.2, 0) is 38.5 Å². The number of aliphatic hydroxyl groups is 2. The molecule has 228 valence electrons. The molecule has 1 aromatic rings. The monoisotopic (exact) mass is 589 g/mol.